The van der Waals surface area contributed by atoms with E-state index in [1.54, 1.807) is 0 Å². The highest BCUT2D eigenvalue weighted by molar-refractivity contribution is 7.47. The van der Waals surface area contributed by atoms with Gasteiger partial charge in [-0.15, -0.1) is 0 Å². The van der Waals surface area contributed by atoms with Crippen LogP contribution < -0.4 is 0 Å². The van der Waals surface area contributed by atoms with Gasteiger partial charge in [-0.1, -0.05) is 318 Å². The molecule has 0 aliphatic rings. The maximum atomic E-state index is 13.1. The zero-order valence-electron chi connectivity index (χ0n) is 60.0. The number of esters is 4. The van der Waals surface area contributed by atoms with Gasteiger partial charge < -0.3 is 33.8 Å². The van der Waals surface area contributed by atoms with E-state index in [-0.39, 0.29) is 25.7 Å². The Morgan fingerprint density at radius 3 is 0.826 bits per heavy atom. The predicted molar refractivity (Wildman–Crippen MR) is 372 cm³/mol. The monoisotopic (exact) mass is 1350 g/mol. The molecule has 0 spiro atoms. The van der Waals surface area contributed by atoms with Crippen molar-refractivity contribution < 1.29 is 80.2 Å². The molecule has 0 saturated carbocycles. The summed E-state index contributed by atoms with van der Waals surface area (Å²) in [6, 6.07) is 0. The van der Waals surface area contributed by atoms with Crippen LogP contribution >= 0.6 is 15.6 Å². The molecule has 3 unspecified atom stereocenters. The number of phosphoric ester groups is 2. The molecule has 0 aromatic carbocycles. The average molecular weight is 1350 g/mol. The van der Waals surface area contributed by atoms with Crippen LogP contribution in [0.5, 0.6) is 0 Å². The van der Waals surface area contributed by atoms with Crippen molar-refractivity contribution in [3.63, 3.8) is 0 Å². The molecule has 0 aromatic heterocycles. The molecule has 0 bridgehead atoms. The Morgan fingerprint density at radius 2 is 0.554 bits per heavy atom. The molecular weight excluding hydrogens is 1210 g/mol. The minimum Gasteiger partial charge on any atom is -0.462 e. The number of hydrogen-bond donors (Lipinski definition) is 3. The number of carbonyl (C=O) groups excluding carboxylic acids is 4. The number of aliphatic hydroxyl groups excluding tert-OH is 1. The normalized spacial score (nSPS) is 14.4. The van der Waals surface area contributed by atoms with Crippen LogP contribution in [0, 0.1) is 17.8 Å². The Morgan fingerprint density at radius 1 is 0.315 bits per heavy atom. The lowest BCUT2D eigenvalue weighted by atomic mass is 10.00. The van der Waals surface area contributed by atoms with Gasteiger partial charge in [0.25, 0.3) is 0 Å². The fourth-order valence-corrected chi connectivity index (χ4v) is 12.6. The standard InChI is InChI=1S/C73H142O17P2/c1-8-10-11-12-13-32-40-47-54-70(75)83-61-69(90-73(78)57-50-43-36-35-39-46-53-66(7)9-2)63-88-92(81,82)86-59-67(74)58-85-91(79,80)87-62-68(89-72(77)56-49-42-34-29-25-21-17-15-19-23-27-31-38-45-52-65(5)6)60-84-71(76)55-48-41-33-28-24-20-16-14-18-22-26-30-37-44-51-64(3)4/h64-69,74H,8-63H2,1-7H3,(H,79,80)(H,81,82)/t66?,67-,68-,69-/m1/s1. The maximum Gasteiger partial charge on any atom is 0.472 e. The van der Waals surface area contributed by atoms with Gasteiger partial charge in [0.05, 0.1) is 26.4 Å². The summed E-state index contributed by atoms with van der Waals surface area (Å²) in [6.45, 7) is 11.8. The van der Waals surface area contributed by atoms with Gasteiger partial charge in [-0.2, -0.15) is 0 Å². The molecule has 546 valence electrons. The van der Waals surface area contributed by atoms with Crippen LogP contribution in [-0.4, -0.2) is 96.7 Å². The molecule has 0 aromatic rings. The third-order valence-corrected chi connectivity index (χ3v) is 19.1. The van der Waals surface area contributed by atoms with E-state index in [0.29, 0.717) is 25.7 Å². The minimum atomic E-state index is -4.96. The van der Waals surface area contributed by atoms with Crippen LogP contribution in [0.15, 0.2) is 0 Å². The van der Waals surface area contributed by atoms with Gasteiger partial charge in [0.1, 0.15) is 19.3 Å². The number of rotatable bonds is 71. The summed E-state index contributed by atoms with van der Waals surface area (Å²) < 4.78 is 68.3. The molecule has 0 heterocycles. The van der Waals surface area contributed by atoms with Crippen LogP contribution in [-0.2, 0) is 65.4 Å². The quantitative estimate of drug-likeness (QED) is 0.0222. The fourth-order valence-electron chi connectivity index (χ4n) is 11.0. The molecule has 0 rings (SSSR count). The van der Waals surface area contributed by atoms with Crippen LogP contribution in [0.4, 0.5) is 0 Å². The average Bonchev–Trinajstić information content (AvgIpc) is 2.07. The Bertz CT molecular complexity index is 1800. The zero-order chi connectivity index (χ0) is 68.0. The van der Waals surface area contributed by atoms with E-state index < -0.39 is 97.5 Å². The summed E-state index contributed by atoms with van der Waals surface area (Å²) >= 11 is 0. The van der Waals surface area contributed by atoms with E-state index in [1.807, 2.05) is 0 Å². The lowest BCUT2D eigenvalue weighted by Gasteiger charge is -2.21. The van der Waals surface area contributed by atoms with Crippen molar-refractivity contribution in [2.75, 3.05) is 39.6 Å². The number of hydrogen-bond acceptors (Lipinski definition) is 15. The van der Waals surface area contributed by atoms with Gasteiger partial charge in [-0.05, 0) is 43.4 Å². The van der Waals surface area contributed by atoms with Crippen molar-refractivity contribution in [2.45, 2.75) is 388 Å². The smallest absolute Gasteiger partial charge is 0.462 e. The second kappa shape index (κ2) is 63.8. The highest BCUT2D eigenvalue weighted by Crippen LogP contribution is 2.45. The molecule has 0 aliphatic heterocycles. The minimum absolute atomic E-state index is 0.103. The molecule has 17 nitrogen and oxygen atoms in total. The summed E-state index contributed by atoms with van der Waals surface area (Å²) in [5, 5.41) is 10.6. The van der Waals surface area contributed by atoms with Gasteiger partial charge in [0, 0.05) is 25.7 Å². The van der Waals surface area contributed by atoms with Crippen LogP contribution in [0.3, 0.4) is 0 Å². The van der Waals surface area contributed by atoms with E-state index >= 15 is 0 Å². The van der Waals surface area contributed by atoms with E-state index in [1.165, 1.54) is 173 Å². The number of phosphoric acid groups is 2. The lowest BCUT2D eigenvalue weighted by molar-refractivity contribution is -0.161. The molecule has 0 amide bonds. The molecule has 6 atom stereocenters. The molecule has 19 heteroatoms. The first-order valence-corrected chi connectivity index (χ1v) is 40.9. The Kier molecular flexibility index (Phi) is 62.4. The van der Waals surface area contributed by atoms with Crippen molar-refractivity contribution in [3.8, 4) is 0 Å². The second-order valence-electron chi connectivity index (χ2n) is 27.5. The van der Waals surface area contributed by atoms with Crippen molar-refractivity contribution >= 4 is 39.5 Å². The van der Waals surface area contributed by atoms with E-state index in [0.717, 1.165) is 114 Å². The number of unbranched alkanes of at least 4 members (excludes halogenated alkanes) is 38. The summed E-state index contributed by atoms with van der Waals surface area (Å²) in [4.78, 5) is 72.6. The molecule has 3 N–H and O–H groups in total. The summed E-state index contributed by atoms with van der Waals surface area (Å²) in [5.74, 6) is 0.188. The molecule has 0 saturated heterocycles. The number of carbonyl (C=O) groups is 4. The SMILES string of the molecule is CCCCCCCCCCC(=O)OC[C@H](COP(=O)(O)OC[C@H](O)COP(=O)(O)OC[C@@H](COC(=O)CCCCCCCCCCCCCCCCC(C)C)OC(=O)CCCCCCCCCCCCCCCCC(C)C)OC(=O)CCCCCCCCC(C)CC. The Balaban J connectivity index is 5.21. The Labute approximate surface area is 562 Å². The van der Waals surface area contributed by atoms with Gasteiger partial charge in [0.15, 0.2) is 12.2 Å². The fraction of sp³-hybridized carbons (Fsp3) is 0.945. The first kappa shape index (κ1) is 90.1. The number of ether oxygens (including phenoxy) is 4. The third kappa shape index (κ3) is 65.4. The topological polar surface area (TPSA) is 237 Å². The van der Waals surface area contributed by atoms with E-state index in [2.05, 4.69) is 48.5 Å². The van der Waals surface area contributed by atoms with Gasteiger partial charge in [0.2, 0.25) is 0 Å². The van der Waals surface area contributed by atoms with E-state index in [4.69, 9.17) is 37.0 Å². The van der Waals surface area contributed by atoms with E-state index in [9.17, 15) is 43.2 Å². The van der Waals surface area contributed by atoms with Crippen molar-refractivity contribution in [3.05, 3.63) is 0 Å². The molecule has 0 fully saturated rings. The third-order valence-electron chi connectivity index (χ3n) is 17.2. The summed E-state index contributed by atoms with van der Waals surface area (Å²) in [7, 11) is -9.90. The van der Waals surface area contributed by atoms with Crippen molar-refractivity contribution in [2.24, 2.45) is 17.8 Å². The second-order valence-corrected chi connectivity index (χ2v) is 30.4. The molecule has 0 aliphatic carbocycles. The van der Waals surface area contributed by atoms with Crippen molar-refractivity contribution in [1.82, 2.24) is 0 Å². The molecule has 92 heavy (non-hydrogen) atoms. The van der Waals surface area contributed by atoms with Gasteiger partial charge in [-0.25, -0.2) is 9.13 Å². The first-order chi connectivity index (χ1) is 44.3. The molecule has 0 radical (unpaired) electrons. The lowest BCUT2D eigenvalue weighted by Crippen LogP contribution is -2.30. The molecular formula is C73H142O17P2. The number of aliphatic hydroxyl groups is 1. The zero-order valence-corrected chi connectivity index (χ0v) is 61.8. The largest absolute Gasteiger partial charge is 0.472 e. The van der Waals surface area contributed by atoms with Gasteiger partial charge >= 0.3 is 39.5 Å². The summed E-state index contributed by atoms with van der Waals surface area (Å²) in [5.41, 5.74) is 0. The Hall–Kier alpha value is -1.94. The highest BCUT2D eigenvalue weighted by Gasteiger charge is 2.30. The van der Waals surface area contributed by atoms with Crippen molar-refractivity contribution in [1.29, 1.82) is 0 Å². The highest BCUT2D eigenvalue weighted by atomic mass is 31.2. The van der Waals surface area contributed by atoms with Crippen LogP contribution in [0.2, 0.25) is 0 Å². The maximum absolute atomic E-state index is 13.1. The first-order valence-electron chi connectivity index (χ1n) is 37.9. The van der Waals surface area contributed by atoms with Gasteiger partial charge in [-0.3, -0.25) is 37.3 Å². The predicted octanol–water partition coefficient (Wildman–Crippen LogP) is 21.0. The van der Waals surface area contributed by atoms with Crippen LogP contribution in [0.1, 0.15) is 370 Å². The van der Waals surface area contributed by atoms with Crippen LogP contribution in [0.25, 0.3) is 0 Å². The summed E-state index contributed by atoms with van der Waals surface area (Å²) in [6.07, 6.45) is 48.7.